The molecule has 4 nitrogen and oxygen atoms in total. The van der Waals surface area contributed by atoms with Crippen molar-refractivity contribution < 1.29 is 0 Å². The van der Waals surface area contributed by atoms with Crippen LogP contribution in [0, 0.1) is 12.8 Å². The van der Waals surface area contributed by atoms with E-state index in [4.69, 9.17) is 5.73 Å². The zero-order valence-corrected chi connectivity index (χ0v) is 11.9. The van der Waals surface area contributed by atoms with Crippen molar-refractivity contribution in [3.8, 4) is 0 Å². The van der Waals surface area contributed by atoms with Gasteiger partial charge in [-0.15, -0.1) is 11.3 Å². The molecular weight excluding hydrogens is 244 g/mol. The summed E-state index contributed by atoms with van der Waals surface area (Å²) in [5, 5.41) is 4.26. The Kier molecular flexibility index (Phi) is 4.14. The minimum absolute atomic E-state index is 0.0128. The average Bonchev–Trinajstić information content (AvgIpc) is 2.88. The van der Waals surface area contributed by atoms with Crippen LogP contribution in [-0.4, -0.2) is 14.8 Å². The summed E-state index contributed by atoms with van der Waals surface area (Å²) in [5.41, 5.74) is 6.23. The van der Waals surface area contributed by atoms with Crippen LogP contribution in [0.5, 0.6) is 0 Å². The van der Waals surface area contributed by atoms with Gasteiger partial charge >= 0.3 is 0 Å². The van der Waals surface area contributed by atoms with Crippen LogP contribution >= 0.6 is 11.3 Å². The summed E-state index contributed by atoms with van der Waals surface area (Å²) in [7, 11) is 0. The van der Waals surface area contributed by atoms with Crippen molar-refractivity contribution in [1.29, 1.82) is 0 Å². The van der Waals surface area contributed by atoms with Crippen LogP contribution in [0.2, 0.25) is 0 Å². The third-order valence-electron chi connectivity index (χ3n) is 2.76. The predicted molar refractivity (Wildman–Crippen MR) is 74.5 cm³/mol. The number of aryl methyl sites for hydroxylation is 1. The van der Waals surface area contributed by atoms with Gasteiger partial charge in [-0.05, 0) is 25.0 Å². The molecule has 1 unspecified atom stereocenters. The standard InChI is InChI=1S/C13H20N4S/c1-9(2)7-17-13(15-8-16-17)6-11(14)12-5-4-10(3)18-12/h4-5,8-9,11H,6-7,14H2,1-3H3. The Morgan fingerprint density at radius 1 is 1.39 bits per heavy atom. The topological polar surface area (TPSA) is 56.7 Å². The molecule has 0 aromatic carbocycles. The molecule has 18 heavy (non-hydrogen) atoms. The highest BCUT2D eigenvalue weighted by Crippen LogP contribution is 2.23. The lowest BCUT2D eigenvalue weighted by Gasteiger charge is -2.12. The van der Waals surface area contributed by atoms with Crippen LogP contribution < -0.4 is 5.73 Å². The quantitative estimate of drug-likeness (QED) is 0.903. The normalized spacial score (nSPS) is 13.2. The Balaban J connectivity index is 2.07. The first-order chi connectivity index (χ1) is 8.56. The van der Waals surface area contributed by atoms with Gasteiger partial charge in [0.15, 0.2) is 0 Å². The number of thiophene rings is 1. The summed E-state index contributed by atoms with van der Waals surface area (Å²) in [6.07, 6.45) is 2.36. The highest BCUT2D eigenvalue weighted by molar-refractivity contribution is 7.12. The summed E-state index contributed by atoms with van der Waals surface area (Å²) in [4.78, 5) is 6.83. The highest BCUT2D eigenvalue weighted by atomic mass is 32.1. The van der Waals surface area contributed by atoms with Crippen LogP contribution in [0.3, 0.4) is 0 Å². The van der Waals surface area contributed by atoms with E-state index in [9.17, 15) is 0 Å². The molecule has 0 bridgehead atoms. The van der Waals surface area contributed by atoms with Crippen LogP contribution in [0.1, 0.15) is 35.5 Å². The van der Waals surface area contributed by atoms with E-state index in [1.165, 1.54) is 9.75 Å². The number of rotatable bonds is 5. The van der Waals surface area contributed by atoms with Crippen LogP contribution in [0.4, 0.5) is 0 Å². The fourth-order valence-electron chi connectivity index (χ4n) is 1.89. The van der Waals surface area contributed by atoms with Gasteiger partial charge in [0.2, 0.25) is 0 Å². The molecule has 2 aromatic heterocycles. The lowest BCUT2D eigenvalue weighted by molar-refractivity contribution is 0.460. The van der Waals surface area contributed by atoms with E-state index in [0.717, 1.165) is 18.8 Å². The van der Waals surface area contributed by atoms with E-state index in [1.807, 2.05) is 4.68 Å². The SMILES string of the molecule is Cc1ccc(C(N)Cc2ncnn2CC(C)C)s1. The smallest absolute Gasteiger partial charge is 0.138 e. The third-order valence-corrected chi connectivity index (χ3v) is 3.90. The monoisotopic (exact) mass is 264 g/mol. The van der Waals surface area contributed by atoms with Crippen LogP contribution in [-0.2, 0) is 13.0 Å². The summed E-state index contributed by atoms with van der Waals surface area (Å²) >= 11 is 1.76. The van der Waals surface area contributed by atoms with Crippen molar-refractivity contribution in [2.24, 2.45) is 11.7 Å². The second kappa shape index (κ2) is 5.63. The first kappa shape index (κ1) is 13.2. The maximum atomic E-state index is 6.23. The van der Waals surface area contributed by atoms with Crippen molar-refractivity contribution in [3.63, 3.8) is 0 Å². The molecule has 0 radical (unpaired) electrons. The largest absolute Gasteiger partial charge is 0.323 e. The second-order valence-corrected chi connectivity index (χ2v) is 6.33. The molecule has 1 atom stereocenters. The fraction of sp³-hybridized carbons (Fsp3) is 0.538. The molecule has 0 amide bonds. The van der Waals surface area contributed by atoms with Gasteiger partial charge in [0.05, 0.1) is 0 Å². The van der Waals surface area contributed by atoms with Crippen molar-refractivity contribution in [1.82, 2.24) is 14.8 Å². The molecule has 5 heteroatoms. The molecule has 2 rings (SSSR count). The Hall–Kier alpha value is -1.20. The number of aromatic nitrogens is 3. The Morgan fingerprint density at radius 3 is 2.78 bits per heavy atom. The number of hydrogen-bond acceptors (Lipinski definition) is 4. The van der Waals surface area contributed by atoms with E-state index in [-0.39, 0.29) is 6.04 Å². The molecule has 0 aliphatic rings. The lowest BCUT2D eigenvalue weighted by Crippen LogP contribution is -2.17. The van der Waals surface area contributed by atoms with Crippen molar-refractivity contribution in [3.05, 3.63) is 34.0 Å². The lowest BCUT2D eigenvalue weighted by atomic mass is 10.1. The third kappa shape index (κ3) is 3.17. The zero-order chi connectivity index (χ0) is 13.1. The van der Waals surface area contributed by atoms with E-state index in [0.29, 0.717) is 5.92 Å². The van der Waals surface area contributed by atoms with Gasteiger partial charge in [0.25, 0.3) is 0 Å². The van der Waals surface area contributed by atoms with E-state index in [1.54, 1.807) is 17.7 Å². The van der Waals surface area contributed by atoms with Gasteiger partial charge in [0.1, 0.15) is 12.2 Å². The number of nitrogens with two attached hydrogens (primary N) is 1. The highest BCUT2D eigenvalue weighted by Gasteiger charge is 2.14. The van der Waals surface area contributed by atoms with Crippen molar-refractivity contribution in [2.75, 3.05) is 0 Å². The fourth-order valence-corrected chi connectivity index (χ4v) is 2.77. The molecule has 0 fully saturated rings. The van der Waals surface area contributed by atoms with Gasteiger partial charge in [-0.25, -0.2) is 9.67 Å². The summed E-state index contributed by atoms with van der Waals surface area (Å²) < 4.78 is 1.96. The van der Waals surface area contributed by atoms with Crippen LogP contribution in [0.15, 0.2) is 18.5 Å². The molecule has 2 heterocycles. The summed E-state index contributed by atoms with van der Waals surface area (Å²) in [5.74, 6) is 1.54. The molecule has 0 saturated heterocycles. The molecule has 0 aliphatic carbocycles. The molecule has 98 valence electrons. The van der Waals surface area contributed by atoms with Gasteiger partial charge in [-0.3, -0.25) is 0 Å². The Labute approximate surface area is 112 Å². The molecule has 2 N–H and O–H groups in total. The van der Waals surface area contributed by atoms with Gasteiger partial charge in [0, 0.05) is 28.8 Å². The summed E-state index contributed by atoms with van der Waals surface area (Å²) in [6, 6.07) is 4.23. The molecule has 0 spiro atoms. The second-order valence-electron chi connectivity index (χ2n) is 5.01. The molecule has 2 aromatic rings. The first-order valence-corrected chi connectivity index (χ1v) is 7.06. The maximum Gasteiger partial charge on any atom is 0.138 e. The van der Waals surface area contributed by atoms with Crippen LogP contribution in [0.25, 0.3) is 0 Å². The van der Waals surface area contributed by atoms with Crippen molar-refractivity contribution in [2.45, 2.75) is 39.8 Å². The van der Waals surface area contributed by atoms with E-state index < -0.39 is 0 Å². The first-order valence-electron chi connectivity index (χ1n) is 6.25. The Morgan fingerprint density at radius 2 is 2.17 bits per heavy atom. The number of nitrogens with zero attached hydrogens (tertiary/aromatic N) is 3. The molecule has 0 saturated carbocycles. The summed E-state index contributed by atoms with van der Waals surface area (Å²) in [6.45, 7) is 7.34. The zero-order valence-electron chi connectivity index (χ0n) is 11.1. The number of hydrogen-bond donors (Lipinski definition) is 1. The van der Waals surface area contributed by atoms with Gasteiger partial charge in [-0.2, -0.15) is 5.10 Å². The van der Waals surface area contributed by atoms with Crippen molar-refractivity contribution >= 4 is 11.3 Å². The molecule has 0 aliphatic heterocycles. The maximum absolute atomic E-state index is 6.23. The van der Waals surface area contributed by atoms with E-state index >= 15 is 0 Å². The predicted octanol–water partition coefficient (Wildman–Crippen LogP) is 2.55. The average molecular weight is 264 g/mol. The molecular formula is C13H20N4S. The van der Waals surface area contributed by atoms with E-state index in [2.05, 4.69) is 43.0 Å². The van der Waals surface area contributed by atoms with Gasteiger partial charge < -0.3 is 5.73 Å². The minimum Gasteiger partial charge on any atom is -0.323 e. The minimum atomic E-state index is 0.0128. The Bertz CT molecular complexity index is 501. The van der Waals surface area contributed by atoms with Gasteiger partial charge in [-0.1, -0.05) is 13.8 Å².